The lowest BCUT2D eigenvalue weighted by atomic mass is 9.99. The molecule has 3 nitrogen and oxygen atoms in total. The number of thiazole rings is 1. The molecular formula is C11H19N3S. The van der Waals surface area contributed by atoms with Crippen molar-refractivity contribution in [3.05, 3.63) is 11.6 Å². The maximum absolute atomic E-state index is 4.38. The van der Waals surface area contributed by atoms with E-state index in [1.807, 2.05) is 6.20 Å². The number of aromatic nitrogens is 1. The molecule has 1 unspecified atom stereocenters. The fourth-order valence-electron chi connectivity index (χ4n) is 2.11. The van der Waals surface area contributed by atoms with Crippen LogP contribution in [0, 0.1) is 5.92 Å². The smallest absolute Gasteiger partial charge is 0.185 e. The van der Waals surface area contributed by atoms with Gasteiger partial charge in [-0.05, 0) is 38.8 Å². The number of nitrogens with one attached hydrogen (secondary N) is 1. The quantitative estimate of drug-likeness (QED) is 0.849. The number of anilines is 1. The van der Waals surface area contributed by atoms with Crippen LogP contribution in [0.4, 0.5) is 5.13 Å². The molecule has 1 fully saturated rings. The molecular weight excluding hydrogens is 206 g/mol. The first-order valence-electron chi connectivity index (χ1n) is 5.75. The minimum Gasteiger partial charge on any atom is -0.348 e. The van der Waals surface area contributed by atoms with Gasteiger partial charge in [-0.2, -0.15) is 0 Å². The molecule has 1 aromatic heterocycles. The molecule has 1 saturated heterocycles. The van der Waals surface area contributed by atoms with E-state index in [4.69, 9.17) is 0 Å². The standard InChI is InChI=1S/C11H19N3S/c1-2-14(11-13-6-7-15-11)9-10-4-3-5-12-8-10/h6-7,10,12H,2-5,8-9H2,1H3. The van der Waals surface area contributed by atoms with Gasteiger partial charge in [0.25, 0.3) is 0 Å². The Bertz CT molecular complexity index is 267. The topological polar surface area (TPSA) is 28.2 Å². The van der Waals surface area contributed by atoms with Crippen LogP contribution in [0.2, 0.25) is 0 Å². The monoisotopic (exact) mass is 225 g/mol. The van der Waals surface area contributed by atoms with Gasteiger partial charge >= 0.3 is 0 Å². The number of nitrogens with zero attached hydrogens (tertiary/aromatic N) is 2. The lowest BCUT2D eigenvalue weighted by molar-refractivity contribution is 0.378. The Kier molecular flexibility index (Phi) is 3.97. The number of hydrogen-bond acceptors (Lipinski definition) is 4. The Hall–Kier alpha value is -0.610. The van der Waals surface area contributed by atoms with Crippen molar-refractivity contribution in [1.82, 2.24) is 10.3 Å². The summed E-state index contributed by atoms with van der Waals surface area (Å²) in [6, 6.07) is 0. The number of piperidine rings is 1. The minimum absolute atomic E-state index is 0.794. The van der Waals surface area contributed by atoms with E-state index in [2.05, 4.69) is 27.5 Å². The number of rotatable bonds is 4. The molecule has 2 heterocycles. The molecule has 1 aliphatic rings. The van der Waals surface area contributed by atoms with Crippen LogP contribution in [0.15, 0.2) is 11.6 Å². The van der Waals surface area contributed by atoms with Crippen molar-refractivity contribution >= 4 is 16.5 Å². The van der Waals surface area contributed by atoms with Gasteiger partial charge in [0.1, 0.15) is 0 Å². The molecule has 4 heteroatoms. The third-order valence-electron chi connectivity index (χ3n) is 2.95. The van der Waals surface area contributed by atoms with E-state index in [9.17, 15) is 0 Å². The fourth-order valence-corrected chi connectivity index (χ4v) is 2.82. The van der Waals surface area contributed by atoms with Crippen molar-refractivity contribution in [3.63, 3.8) is 0 Å². The van der Waals surface area contributed by atoms with Crippen LogP contribution >= 0.6 is 11.3 Å². The third kappa shape index (κ3) is 2.92. The van der Waals surface area contributed by atoms with Crippen LogP contribution in [-0.2, 0) is 0 Å². The molecule has 1 aliphatic heterocycles. The maximum Gasteiger partial charge on any atom is 0.185 e. The summed E-state index contributed by atoms with van der Waals surface area (Å²) in [6.45, 7) is 6.78. The summed E-state index contributed by atoms with van der Waals surface area (Å²) in [4.78, 5) is 6.77. The zero-order valence-corrected chi connectivity index (χ0v) is 10.1. The van der Waals surface area contributed by atoms with Crippen LogP contribution in [0.25, 0.3) is 0 Å². The van der Waals surface area contributed by atoms with Crippen molar-refractivity contribution in [2.24, 2.45) is 5.92 Å². The second kappa shape index (κ2) is 5.47. The highest BCUT2D eigenvalue weighted by atomic mass is 32.1. The second-order valence-corrected chi connectivity index (χ2v) is 4.94. The summed E-state index contributed by atoms with van der Waals surface area (Å²) in [5.74, 6) is 0.794. The predicted octanol–water partition coefficient (Wildman–Crippen LogP) is 1.97. The third-order valence-corrected chi connectivity index (χ3v) is 3.78. The van der Waals surface area contributed by atoms with E-state index in [0.29, 0.717) is 0 Å². The van der Waals surface area contributed by atoms with Crippen LogP contribution < -0.4 is 10.2 Å². The summed E-state index contributed by atoms with van der Waals surface area (Å²) in [5.41, 5.74) is 0. The van der Waals surface area contributed by atoms with Gasteiger partial charge in [-0.25, -0.2) is 4.98 Å². The highest BCUT2D eigenvalue weighted by Crippen LogP contribution is 2.20. The first-order valence-corrected chi connectivity index (χ1v) is 6.63. The van der Waals surface area contributed by atoms with Gasteiger partial charge in [0.2, 0.25) is 0 Å². The van der Waals surface area contributed by atoms with Gasteiger partial charge in [0.15, 0.2) is 5.13 Å². The van der Waals surface area contributed by atoms with Crippen LogP contribution in [0.3, 0.4) is 0 Å². The van der Waals surface area contributed by atoms with E-state index < -0.39 is 0 Å². The molecule has 0 spiro atoms. The number of hydrogen-bond donors (Lipinski definition) is 1. The Balaban J connectivity index is 1.90. The van der Waals surface area contributed by atoms with E-state index in [1.165, 1.54) is 31.1 Å². The van der Waals surface area contributed by atoms with Crippen molar-refractivity contribution in [1.29, 1.82) is 0 Å². The van der Waals surface area contributed by atoms with Crippen LogP contribution in [0.1, 0.15) is 19.8 Å². The van der Waals surface area contributed by atoms with E-state index in [-0.39, 0.29) is 0 Å². The molecule has 2 rings (SSSR count). The lowest BCUT2D eigenvalue weighted by Gasteiger charge is -2.29. The molecule has 0 bridgehead atoms. The lowest BCUT2D eigenvalue weighted by Crippen LogP contribution is -2.38. The molecule has 1 N–H and O–H groups in total. The molecule has 0 amide bonds. The molecule has 0 saturated carbocycles. The highest BCUT2D eigenvalue weighted by Gasteiger charge is 2.17. The van der Waals surface area contributed by atoms with Gasteiger partial charge < -0.3 is 10.2 Å². The summed E-state index contributed by atoms with van der Waals surface area (Å²) >= 11 is 1.74. The molecule has 15 heavy (non-hydrogen) atoms. The average Bonchev–Trinajstić information content (AvgIpc) is 2.81. The van der Waals surface area contributed by atoms with Gasteiger partial charge in [0.05, 0.1) is 0 Å². The summed E-state index contributed by atoms with van der Waals surface area (Å²) in [6.07, 6.45) is 4.57. The van der Waals surface area contributed by atoms with Gasteiger partial charge in [-0.15, -0.1) is 11.3 Å². The largest absolute Gasteiger partial charge is 0.348 e. The zero-order chi connectivity index (χ0) is 10.5. The highest BCUT2D eigenvalue weighted by molar-refractivity contribution is 7.13. The van der Waals surface area contributed by atoms with Gasteiger partial charge in [0, 0.05) is 24.7 Å². The summed E-state index contributed by atoms with van der Waals surface area (Å²) in [5, 5.41) is 6.69. The maximum atomic E-state index is 4.38. The Morgan fingerprint density at radius 1 is 1.67 bits per heavy atom. The second-order valence-electron chi connectivity index (χ2n) is 4.07. The first kappa shape index (κ1) is 10.9. The summed E-state index contributed by atoms with van der Waals surface area (Å²) in [7, 11) is 0. The van der Waals surface area contributed by atoms with Crippen LogP contribution in [-0.4, -0.2) is 31.2 Å². The van der Waals surface area contributed by atoms with Crippen molar-refractivity contribution in [3.8, 4) is 0 Å². The molecule has 0 aromatic carbocycles. The van der Waals surface area contributed by atoms with Gasteiger partial charge in [-0.3, -0.25) is 0 Å². The minimum atomic E-state index is 0.794. The average molecular weight is 225 g/mol. The Labute approximate surface area is 95.5 Å². The van der Waals surface area contributed by atoms with Crippen molar-refractivity contribution < 1.29 is 0 Å². The molecule has 0 radical (unpaired) electrons. The van der Waals surface area contributed by atoms with Gasteiger partial charge in [-0.1, -0.05) is 0 Å². The zero-order valence-electron chi connectivity index (χ0n) is 9.28. The predicted molar refractivity (Wildman–Crippen MR) is 65.6 cm³/mol. The molecule has 84 valence electrons. The molecule has 1 atom stereocenters. The Morgan fingerprint density at radius 3 is 3.20 bits per heavy atom. The SMILES string of the molecule is CCN(CC1CCCNC1)c1nccs1. The van der Waals surface area contributed by atoms with Crippen LogP contribution in [0.5, 0.6) is 0 Å². The summed E-state index contributed by atoms with van der Waals surface area (Å²) < 4.78 is 0. The van der Waals surface area contributed by atoms with E-state index in [1.54, 1.807) is 11.3 Å². The van der Waals surface area contributed by atoms with E-state index in [0.717, 1.165) is 19.0 Å². The molecule has 1 aromatic rings. The fraction of sp³-hybridized carbons (Fsp3) is 0.727. The normalized spacial score (nSPS) is 21.5. The van der Waals surface area contributed by atoms with E-state index >= 15 is 0 Å². The molecule has 0 aliphatic carbocycles. The van der Waals surface area contributed by atoms with Crippen molar-refractivity contribution in [2.75, 3.05) is 31.1 Å². The van der Waals surface area contributed by atoms with Crippen molar-refractivity contribution in [2.45, 2.75) is 19.8 Å². The Morgan fingerprint density at radius 2 is 2.60 bits per heavy atom. The first-order chi connectivity index (χ1) is 7.40.